The number of amides is 2. The molecule has 4 aromatic rings. The highest BCUT2D eigenvalue weighted by Gasteiger charge is 2.29. The molecular weight excluding hydrogens is 478 g/mol. The molecule has 0 bridgehead atoms. The standard InChI is InChI=1S/C25H25N7O3S/c1-15-12-21-28-29-22(16(2)32(21)30-15)25(35)31-10-8-18(9-11-31)24-27-19(14-36-24)23(34)26-13-20(33)17-6-4-3-5-7-17/h3-7,12,14,18H,8-11,13H2,1-2H3,(H,26,34). The van der Waals surface area contributed by atoms with E-state index in [0.29, 0.717) is 41.4 Å². The van der Waals surface area contributed by atoms with Gasteiger partial charge in [0, 0.05) is 36.0 Å². The Morgan fingerprint density at radius 1 is 1.08 bits per heavy atom. The fraction of sp³-hybridized carbons (Fsp3) is 0.320. The summed E-state index contributed by atoms with van der Waals surface area (Å²) in [5.41, 5.74) is 3.27. The van der Waals surface area contributed by atoms with Gasteiger partial charge in [0.15, 0.2) is 17.1 Å². The molecule has 10 nitrogen and oxygen atoms in total. The number of hydrogen-bond acceptors (Lipinski definition) is 8. The first-order valence-corrected chi connectivity index (χ1v) is 12.6. The maximum atomic E-state index is 13.1. The molecule has 0 saturated carbocycles. The molecule has 1 fully saturated rings. The number of piperidine rings is 1. The maximum Gasteiger partial charge on any atom is 0.276 e. The molecule has 0 radical (unpaired) electrons. The molecule has 11 heteroatoms. The summed E-state index contributed by atoms with van der Waals surface area (Å²) in [4.78, 5) is 44.2. The Balaban J connectivity index is 1.17. The quantitative estimate of drug-likeness (QED) is 0.402. The molecule has 1 N–H and O–H groups in total. The first kappa shape index (κ1) is 23.7. The molecule has 3 aromatic heterocycles. The van der Waals surface area contributed by atoms with E-state index in [0.717, 1.165) is 23.5 Å². The van der Waals surface area contributed by atoms with Crippen molar-refractivity contribution in [2.24, 2.45) is 0 Å². The van der Waals surface area contributed by atoms with Crippen LogP contribution in [0.2, 0.25) is 0 Å². The molecule has 36 heavy (non-hydrogen) atoms. The molecular formula is C25H25N7O3S. The van der Waals surface area contributed by atoms with E-state index in [2.05, 4.69) is 25.6 Å². The number of aryl methyl sites for hydroxylation is 2. The molecule has 5 rings (SSSR count). The van der Waals surface area contributed by atoms with E-state index in [-0.39, 0.29) is 30.1 Å². The van der Waals surface area contributed by atoms with E-state index in [4.69, 9.17) is 0 Å². The molecule has 1 saturated heterocycles. The molecule has 0 spiro atoms. The van der Waals surface area contributed by atoms with Gasteiger partial charge >= 0.3 is 0 Å². The van der Waals surface area contributed by atoms with Gasteiger partial charge in [-0.3, -0.25) is 14.4 Å². The summed E-state index contributed by atoms with van der Waals surface area (Å²) in [7, 11) is 0. The number of ketones is 1. The van der Waals surface area contributed by atoms with Gasteiger partial charge in [0.25, 0.3) is 11.8 Å². The fourth-order valence-corrected chi connectivity index (χ4v) is 5.28. The van der Waals surface area contributed by atoms with E-state index >= 15 is 0 Å². The topological polar surface area (TPSA) is 122 Å². The number of thiazole rings is 1. The van der Waals surface area contributed by atoms with Crippen LogP contribution in [0.5, 0.6) is 0 Å². The summed E-state index contributed by atoms with van der Waals surface area (Å²) in [6.07, 6.45) is 1.48. The lowest BCUT2D eigenvalue weighted by molar-refractivity contribution is 0.0703. The minimum absolute atomic E-state index is 0.0809. The number of hydrogen-bond donors (Lipinski definition) is 1. The number of nitrogens with zero attached hydrogens (tertiary/aromatic N) is 6. The number of benzene rings is 1. The number of carbonyl (C=O) groups excluding carboxylic acids is 3. The van der Waals surface area contributed by atoms with Gasteiger partial charge in [-0.1, -0.05) is 30.3 Å². The molecule has 4 heterocycles. The highest BCUT2D eigenvalue weighted by atomic mass is 32.1. The number of nitrogens with one attached hydrogen (secondary N) is 1. The number of rotatable bonds is 6. The minimum Gasteiger partial charge on any atom is -0.343 e. The molecule has 1 aromatic carbocycles. The fourth-order valence-electron chi connectivity index (χ4n) is 4.31. The molecule has 184 valence electrons. The van der Waals surface area contributed by atoms with Gasteiger partial charge in [-0.25, -0.2) is 9.50 Å². The summed E-state index contributed by atoms with van der Waals surface area (Å²) in [6, 6.07) is 10.7. The third kappa shape index (κ3) is 4.74. The van der Waals surface area contributed by atoms with Gasteiger partial charge in [-0.15, -0.1) is 21.5 Å². The van der Waals surface area contributed by atoms with Gasteiger partial charge < -0.3 is 10.2 Å². The van der Waals surface area contributed by atoms with E-state index < -0.39 is 0 Å². The zero-order chi connectivity index (χ0) is 25.2. The summed E-state index contributed by atoms with van der Waals surface area (Å²) in [5.74, 6) is -0.517. The van der Waals surface area contributed by atoms with Crippen molar-refractivity contribution in [1.29, 1.82) is 0 Å². The Labute approximate surface area is 211 Å². The number of aromatic nitrogens is 5. The minimum atomic E-state index is -0.368. The summed E-state index contributed by atoms with van der Waals surface area (Å²) >= 11 is 1.43. The largest absolute Gasteiger partial charge is 0.343 e. The van der Waals surface area contributed by atoms with Gasteiger partial charge in [0.2, 0.25) is 0 Å². The van der Waals surface area contributed by atoms with Crippen molar-refractivity contribution < 1.29 is 14.4 Å². The Bertz CT molecular complexity index is 1440. The smallest absolute Gasteiger partial charge is 0.276 e. The molecule has 0 aliphatic carbocycles. The Morgan fingerprint density at radius 3 is 2.58 bits per heavy atom. The van der Waals surface area contributed by atoms with E-state index in [1.165, 1.54) is 11.3 Å². The van der Waals surface area contributed by atoms with Crippen molar-refractivity contribution in [3.8, 4) is 0 Å². The van der Waals surface area contributed by atoms with Crippen LogP contribution in [-0.4, -0.2) is 66.9 Å². The van der Waals surface area contributed by atoms with Crippen molar-refractivity contribution in [2.45, 2.75) is 32.6 Å². The van der Waals surface area contributed by atoms with E-state index in [9.17, 15) is 14.4 Å². The zero-order valence-electron chi connectivity index (χ0n) is 20.0. The number of fused-ring (bicyclic) bond motifs is 1. The normalized spacial score (nSPS) is 14.2. The summed E-state index contributed by atoms with van der Waals surface area (Å²) < 4.78 is 1.65. The molecule has 1 aliphatic rings. The average Bonchev–Trinajstić information content (AvgIpc) is 3.55. The van der Waals surface area contributed by atoms with Crippen LogP contribution >= 0.6 is 11.3 Å². The Kier molecular flexibility index (Phi) is 6.55. The first-order chi connectivity index (χ1) is 17.4. The second-order valence-electron chi connectivity index (χ2n) is 8.80. The summed E-state index contributed by atoms with van der Waals surface area (Å²) in [6.45, 7) is 4.74. The highest BCUT2D eigenvalue weighted by Crippen LogP contribution is 2.31. The van der Waals surface area contributed by atoms with Gasteiger partial charge in [-0.2, -0.15) is 5.10 Å². The van der Waals surface area contributed by atoms with Gasteiger partial charge in [0.1, 0.15) is 5.69 Å². The number of carbonyl (C=O) groups is 3. The first-order valence-electron chi connectivity index (χ1n) is 11.7. The van der Waals surface area contributed by atoms with Gasteiger partial charge in [0.05, 0.1) is 22.9 Å². The Morgan fingerprint density at radius 2 is 1.83 bits per heavy atom. The monoisotopic (exact) mass is 503 g/mol. The van der Waals surface area contributed by atoms with Crippen molar-refractivity contribution >= 4 is 34.6 Å². The van der Waals surface area contributed by atoms with Crippen LogP contribution in [-0.2, 0) is 0 Å². The van der Waals surface area contributed by atoms with Crippen LogP contribution in [0, 0.1) is 13.8 Å². The lowest BCUT2D eigenvalue weighted by atomic mass is 9.97. The molecule has 2 amide bonds. The average molecular weight is 504 g/mol. The van der Waals surface area contributed by atoms with Crippen LogP contribution in [0.3, 0.4) is 0 Å². The predicted octanol–water partition coefficient (Wildman–Crippen LogP) is 2.83. The van der Waals surface area contributed by atoms with Crippen LogP contribution in [0.15, 0.2) is 41.8 Å². The van der Waals surface area contributed by atoms with Crippen LogP contribution in [0.25, 0.3) is 5.65 Å². The SMILES string of the molecule is Cc1cc2nnc(C(=O)N3CCC(c4nc(C(=O)NCC(=O)c5ccccc5)cs4)CC3)c(C)n2n1. The maximum absolute atomic E-state index is 13.1. The highest BCUT2D eigenvalue weighted by molar-refractivity contribution is 7.09. The third-order valence-corrected chi connectivity index (χ3v) is 7.33. The predicted molar refractivity (Wildman–Crippen MR) is 133 cm³/mol. The third-order valence-electron chi connectivity index (χ3n) is 6.32. The number of Topliss-reactive ketones (excluding diaryl/α,β-unsaturated/α-hetero) is 1. The van der Waals surface area contributed by atoms with Crippen molar-refractivity contribution in [2.75, 3.05) is 19.6 Å². The van der Waals surface area contributed by atoms with E-state index in [1.54, 1.807) is 39.1 Å². The molecule has 1 aliphatic heterocycles. The number of likely N-dealkylation sites (tertiary alicyclic amines) is 1. The molecule has 0 atom stereocenters. The second kappa shape index (κ2) is 9.94. The van der Waals surface area contributed by atoms with Crippen LogP contribution in [0.4, 0.5) is 0 Å². The van der Waals surface area contributed by atoms with Crippen LogP contribution in [0.1, 0.15) is 66.5 Å². The van der Waals surface area contributed by atoms with E-state index in [1.807, 2.05) is 26.0 Å². The molecule has 0 unspecified atom stereocenters. The van der Waals surface area contributed by atoms with Crippen molar-refractivity contribution in [3.05, 3.63) is 75.1 Å². The van der Waals surface area contributed by atoms with Crippen LogP contribution < -0.4 is 5.32 Å². The lowest BCUT2D eigenvalue weighted by Gasteiger charge is -2.31. The zero-order valence-corrected chi connectivity index (χ0v) is 20.8. The van der Waals surface area contributed by atoms with Crippen molar-refractivity contribution in [3.63, 3.8) is 0 Å². The van der Waals surface area contributed by atoms with Gasteiger partial charge in [-0.05, 0) is 26.7 Å². The summed E-state index contributed by atoms with van der Waals surface area (Å²) in [5, 5.41) is 17.9. The lowest BCUT2D eigenvalue weighted by Crippen LogP contribution is -2.39. The Hall–Kier alpha value is -3.99. The second-order valence-corrected chi connectivity index (χ2v) is 9.69. The van der Waals surface area contributed by atoms with Crippen molar-refractivity contribution in [1.82, 2.24) is 35.0 Å².